The van der Waals surface area contributed by atoms with Crippen molar-refractivity contribution < 1.29 is 13.2 Å². The molecule has 0 saturated heterocycles. The molecule has 1 amide bonds. The summed E-state index contributed by atoms with van der Waals surface area (Å²) < 4.78 is 21.5. The molecule has 0 radical (unpaired) electrons. The van der Waals surface area contributed by atoms with Gasteiger partial charge >= 0.3 is 0 Å². The van der Waals surface area contributed by atoms with Gasteiger partial charge in [-0.05, 0) is 25.2 Å². The third-order valence-corrected chi connectivity index (χ3v) is 4.17. The number of carbonyl (C=O) groups is 1. The van der Waals surface area contributed by atoms with E-state index in [2.05, 4.69) is 11.4 Å². The lowest BCUT2D eigenvalue weighted by atomic mass is 10.1. The first-order valence-corrected chi connectivity index (χ1v) is 7.70. The number of hydrogen-bond acceptors (Lipinski definition) is 3. The number of carbonyl (C=O) groups excluding carboxylic acids is 1. The average Bonchev–Trinajstić information content (AvgIpc) is 2.64. The minimum Gasteiger partial charge on any atom is -0.355 e. The van der Waals surface area contributed by atoms with Crippen LogP contribution < -0.4 is 10.5 Å². The fraction of sp³-hybridized carbons (Fsp3) is 0.750. The van der Waals surface area contributed by atoms with Crippen LogP contribution in [0, 0.1) is 17.3 Å². The largest absolute Gasteiger partial charge is 0.355 e. The number of nitrogens with two attached hydrogens (primary N) is 1. The molecule has 1 rings (SSSR count). The van der Waals surface area contributed by atoms with Crippen LogP contribution in [-0.2, 0) is 14.8 Å². The lowest BCUT2D eigenvalue weighted by molar-refractivity contribution is -0.123. The quantitative estimate of drug-likeness (QED) is 0.721. The van der Waals surface area contributed by atoms with Gasteiger partial charge in [-0.1, -0.05) is 25.5 Å². The Morgan fingerprint density at radius 1 is 1.39 bits per heavy atom. The van der Waals surface area contributed by atoms with E-state index in [9.17, 15) is 13.2 Å². The summed E-state index contributed by atoms with van der Waals surface area (Å²) in [6.45, 7) is 8.17. The second-order valence-electron chi connectivity index (χ2n) is 5.73. The number of nitrogens with one attached hydrogen (secondary N) is 1. The van der Waals surface area contributed by atoms with Gasteiger partial charge in [0, 0.05) is 6.54 Å². The molecule has 0 spiro atoms. The summed E-state index contributed by atoms with van der Waals surface area (Å²) in [5.74, 6) is -0.157. The zero-order chi connectivity index (χ0) is 14.1. The van der Waals surface area contributed by atoms with Crippen LogP contribution in [-0.4, -0.2) is 26.6 Å². The SMILES string of the molecule is CC(C)=C[C@H]1[C@@H](C(=O)NCCS(N)(=O)=O)C1(C)C. The Balaban J connectivity index is 2.52. The molecule has 0 unspecified atom stereocenters. The van der Waals surface area contributed by atoms with Gasteiger partial charge in [0.05, 0.1) is 11.7 Å². The van der Waals surface area contributed by atoms with Crippen LogP contribution in [0.3, 0.4) is 0 Å². The molecule has 6 heteroatoms. The second-order valence-corrected chi connectivity index (χ2v) is 7.46. The number of amides is 1. The minimum atomic E-state index is -3.51. The Morgan fingerprint density at radius 2 is 1.94 bits per heavy atom. The van der Waals surface area contributed by atoms with Gasteiger partial charge in [0.15, 0.2) is 0 Å². The van der Waals surface area contributed by atoms with Crippen LogP contribution in [0.1, 0.15) is 27.7 Å². The second kappa shape index (κ2) is 5.01. The fourth-order valence-electron chi connectivity index (χ4n) is 2.28. The maximum absolute atomic E-state index is 11.9. The zero-order valence-electron chi connectivity index (χ0n) is 11.4. The van der Waals surface area contributed by atoms with E-state index < -0.39 is 10.0 Å². The Hall–Kier alpha value is -0.880. The molecule has 104 valence electrons. The molecule has 0 aromatic carbocycles. The maximum atomic E-state index is 11.9. The summed E-state index contributed by atoms with van der Waals surface area (Å²) in [5, 5.41) is 7.50. The van der Waals surface area contributed by atoms with Crippen LogP contribution in [0.4, 0.5) is 0 Å². The first-order valence-electron chi connectivity index (χ1n) is 5.99. The topological polar surface area (TPSA) is 89.3 Å². The summed E-state index contributed by atoms with van der Waals surface area (Å²) in [6.07, 6.45) is 2.10. The fourth-order valence-corrected chi connectivity index (χ4v) is 2.66. The van der Waals surface area contributed by atoms with E-state index in [1.165, 1.54) is 5.57 Å². The van der Waals surface area contributed by atoms with Crippen molar-refractivity contribution in [3.8, 4) is 0 Å². The molecule has 1 aliphatic carbocycles. The minimum absolute atomic E-state index is 0.0526. The first kappa shape index (κ1) is 15.2. The van der Waals surface area contributed by atoms with Gasteiger partial charge in [-0.15, -0.1) is 0 Å². The van der Waals surface area contributed by atoms with E-state index in [-0.39, 0.29) is 35.5 Å². The van der Waals surface area contributed by atoms with Gasteiger partial charge in [-0.25, -0.2) is 13.6 Å². The van der Waals surface area contributed by atoms with E-state index in [1.54, 1.807) is 0 Å². The van der Waals surface area contributed by atoms with Crippen molar-refractivity contribution in [2.24, 2.45) is 22.4 Å². The standard InChI is InChI=1S/C12H22N2O3S/c1-8(2)7-9-10(12(9,3)4)11(15)14-5-6-18(13,16)17/h7,9-10H,5-6H2,1-4H3,(H,14,15)(H2,13,16,17)/t9-,10-/m0/s1. The lowest BCUT2D eigenvalue weighted by Crippen LogP contribution is -2.33. The van der Waals surface area contributed by atoms with Crippen LogP contribution in [0.25, 0.3) is 0 Å². The molecular weight excluding hydrogens is 252 g/mol. The molecule has 1 aliphatic rings. The van der Waals surface area contributed by atoms with Crippen molar-refractivity contribution in [2.75, 3.05) is 12.3 Å². The molecule has 0 heterocycles. The molecule has 0 aliphatic heterocycles. The van der Waals surface area contributed by atoms with Crippen LogP contribution in [0.2, 0.25) is 0 Å². The maximum Gasteiger partial charge on any atom is 0.224 e. The van der Waals surface area contributed by atoms with Crippen molar-refractivity contribution in [3.05, 3.63) is 11.6 Å². The van der Waals surface area contributed by atoms with Crippen molar-refractivity contribution in [1.82, 2.24) is 5.32 Å². The zero-order valence-corrected chi connectivity index (χ0v) is 12.2. The highest BCUT2D eigenvalue weighted by Gasteiger charge is 2.60. The van der Waals surface area contributed by atoms with E-state index in [0.717, 1.165) is 0 Å². The molecule has 0 aromatic heterocycles. The predicted molar refractivity (Wildman–Crippen MR) is 71.2 cm³/mol. The summed E-state index contributed by atoms with van der Waals surface area (Å²) in [6, 6.07) is 0. The van der Waals surface area contributed by atoms with Crippen LogP contribution in [0.5, 0.6) is 0 Å². The highest BCUT2D eigenvalue weighted by atomic mass is 32.2. The van der Waals surface area contributed by atoms with Crippen molar-refractivity contribution in [1.29, 1.82) is 0 Å². The molecule has 18 heavy (non-hydrogen) atoms. The number of allylic oxidation sites excluding steroid dienone is 2. The monoisotopic (exact) mass is 274 g/mol. The van der Waals surface area contributed by atoms with Gasteiger partial charge in [0.25, 0.3) is 0 Å². The number of rotatable bonds is 5. The first-order chi connectivity index (χ1) is 8.05. The Bertz CT molecular complexity index is 462. The molecule has 3 N–H and O–H groups in total. The molecule has 1 saturated carbocycles. The van der Waals surface area contributed by atoms with Gasteiger partial charge in [-0.2, -0.15) is 0 Å². The number of sulfonamides is 1. The van der Waals surface area contributed by atoms with Gasteiger partial charge in [0.2, 0.25) is 15.9 Å². The Labute approximate surface area is 109 Å². The number of hydrogen-bond donors (Lipinski definition) is 2. The van der Waals surface area contributed by atoms with Crippen molar-refractivity contribution in [2.45, 2.75) is 27.7 Å². The smallest absolute Gasteiger partial charge is 0.224 e. The normalized spacial score (nSPS) is 25.4. The summed E-state index contributed by atoms with van der Waals surface area (Å²) >= 11 is 0. The molecule has 2 atom stereocenters. The molecular formula is C12H22N2O3S. The molecule has 1 fully saturated rings. The highest BCUT2D eigenvalue weighted by Crippen LogP contribution is 2.59. The van der Waals surface area contributed by atoms with Gasteiger partial charge < -0.3 is 5.32 Å². The van der Waals surface area contributed by atoms with E-state index in [0.29, 0.717) is 0 Å². The molecule has 0 aromatic rings. The predicted octanol–water partition coefficient (Wildman–Crippen LogP) is 0.630. The summed E-state index contributed by atoms with van der Waals surface area (Å²) in [4.78, 5) is 11.9. The Morgan fingerprint density at radius 3 is 2.39 bits per heavy atom. The third kappa shape index (κ3) is 3.81. The van der Waals surface area contributed by atoms with Crippen molar-refractivity contribution >= 4 is 15.9 Å². The lowest BCUT2D eigenvalue weighted by Gasteiger charge is -2.04. The van der Waals surface area contributed by atoms with E-state index >= 15 is 0 Å². The summed E-state index contributed by atoms with van der Waals surface area (Å²) in [7, 11) is -3.51. The average molecular weight is 274 g/mol. The third-order valence-electron chi connectivity index (χ3n) is 3.39. The Kier molecular flexibility index (Phi) is 4.23. The van der Waals surface area contributed by atoms with Crippen LogP contribution in [0.15, 0.2) is 11.6 Å². The number of primary sulfonamides is 1. The van der Waals surface area contributed by atoms with Gasteiger partial charge in [0.1, 0.15) is 0 Å². The van der Waals surface area contributed by atoms with Crippen molar-refractivity contribution in [3.63, 3.8) is 0 Å². The van der Waals surface area contributed by atoms with E-state index in [4.69, 9.17) is 5.14 Å². The van der Waals surface area contributed by atoms with Crippen LogP contribution >= 0.6 is 0 Å². The van der Waals surface area contributed by atoms with Gasteiger partial charge in [-0.3, -0.25) is 4.79 Å². The van der Waals surface area contributed by atoms with E-state index in [1.807, 2.05) is 27.7 Å². The summed E-state index contributed by atoms with van der Waals surface area (Å²) in [5.41, 5.74) is 1.14. The molecule has 0 bridgehead atoms. The molecule has 5 nitrogen and oxygen atoms in total. The highest BCUT2D eigenvalue weighted by molar-refractivity contribution is 7.89.